The highest BCUT2D eigenvalue weighted by Crippen LogP contribution is 2.26. The number of amides is 1. The number of aromatic nitrogens is 2. The summed E-state index contributed by atoms with van der Waals surface area (Å²) in [5.74, 6) is 1.58. The second kappa shape index (κ2) is 6.12. The predicted octanol–water partition coefficient (Wildman–Crippen LogP) is 2.34. The molecular weight excluding hydrogens is 292 g/mol. The first-order valence-corrected chi connectivity index (χ1v) is 7.82. The van der Waals surface area contributed by atoms with Gasteiger partial charge in [0.2, 0.25) is 11.8 Å². The Bertz CT molecular complexity index is 709. The Morgan fingerprint density at radius 3 is 2.48 bits per heavy atom. The zero-order chi connectivity index (χ0) is 16.6. The van der Waals surface area contributed by atoms with Crippen LogP contribution in [-0.2, 0) is 4.79 Å². The van der Waals surface area contributed by atoms with Crippen LogP contribution in [0.25, 0.3) is 0 Å². The van der Waals surface area contributed by atoms with Crippen LogP contribution in [0, 0.1) is 27.7 Å². The molecule has 0 atom stereocenters. The molecule has 1 aromatic heterocycles. The van der Waals surface area contributed by atoms with Crippen LogP contribution in [0.1, 0.15) is 34.3 Å². The normalized spacial score (nSPS) is 15.5. The molecule has 6 heteroatoms. The lowest BCUT2D eigenvalue weighted by atomic mass is 10.00. The van der Waals surface area contributed by atoms with E-state index in [0.29, 0.717) is 18.3 Å². The third kappa shape index (κ3) is 3.42. The van der Waals surface area contributed by atoms with Crippen LogP contribution >= 0.6 is 0 Å². The summed E-state index contributed by atoms with van der Waals surface area (Å²) in [6, 6.07) is 4.17. The minimum absolute atomic E-state index is 0.0141. The Labute approximate surface area is 135 Å². The zero-order valence-corrected chi connectivity index (χ0v) is 14.0. The summed E-state index contributed by atoms with van der Waals surface area (Å²) >= 11 is 0. The van der Waals surface area contributed by atoms with Crippen molar-refractivity contribution in [3.05, 3.63) is 40.5 Å². The van der Waals surface area contributed by atoms with E-state index >= 15 is 0 Å². The smallest absolute Gasteiger partial charge is 0.238 e. The molecule has 0 unspecified atom stereocenters. The number of aryl methyl sites for hydroxylation is 4. The highest BCUT2D eigenvalue weighted by molar-refractivity contribution is 5.93. The topological polar surface area (TPSA) is 71.3 Å². The minimum Gasteiger partial charge on any atom is -0.339 e. The Balaban J connectivity index is 1.53. The van der Waals surface area contributed by atoms with Gasteiger partial charge in [-0.05, 0) is 38.8 Å². The average molecular weight is 314 g/mol. The monoisotopic (exact) mass is 314 g/mol. The second-order valence-corrected chi connectivity index (χ2v) is 6.39. The lowest BCUT2D eigenvalue weighted by Crippen LogP contribution is -2.48. The summed E-state index contributed by atoms with van der Waals surface area (Å²) in [6.45, 7) is 9.85. The summed E-state index contributed by atoms with van der Waals surface area (Å²) < 4.78 is 5.17. The summed E-state index contributed by atoms with van der Waals surface area (Å²) in [4.78, 5) is 18.6. The van der Waals surface area contributed by atoms with Crippen molar-refractivity contribution in [1.82, 2.24) is 15.0 Å². The van der Waals surface area contributed by atoms with Crippen LogP contribution in [0.3, 0.4) is 0 Å². The number of nitrogens with one attached hydrogen (secondary N) is 1. The highest BCUT2D eigenvalue weighted by atomic mass is 16.5. The van der Waals surface area contributed by atoms with Gasteiger partial charge in [0.15, 0.2) is 5.82 Å². The molecule has 0 bridgehead atoms. The SMILES string of the molecule is Cc1cc(C)c(NC(=O)CN2CC(c3nc(C)no3)C2)c(C)c1. The molecule has 0 aliphatic carbocycles. The summed E-state index contributed by atoms with van der Waals surface area (Å²) in [6.07, 6.45) is 0. The first-order valence-electron chi connectivity index (χ1n) is 7.82. The molecule has 1 N–H and O–H groups in total. The molecule has 1 aliphatic heterocycles. The van der Waals surface area contributed by atoms with E-state index in [1.807, 2.05) is 20.8 Å². The van der Waals surface area contributed by atoms with E-state index in [2.05, 4.69) is 39.4 Å². The molecular formula is C17H22N4O2. The number of likely N-dealkylation sites (tertiary alicyclic amines) is 1. The third-order valence-corrected chi connectivity index (χ3v) is 4.16. The van der Waals surface area contributed by atoms with Crippen LogP contribution < -0.4 is 5.32 Å². The maximum atomic E-state index is 12.2. The number of rotatable bonds is 4. The highest BCUT2D eigenvalue weighted by Gasteiger charge is 2.33. The summed E-state index contributed by atoms with van der Waals surface area (Å²) in [5, 5.41) is 6.84. The van der Waals surface area contributed by atoms with Gasteiger partial charge in [-0.2, -0.15) is 4.98 Å². The van der Waals surface area contributed by atoms with Crippen LogP contribution in [0.4, 0.5) is 5.69 Å². The van der Waals surface area contributed by atoms with Gasteiger partial charge in [-0.3, -0.25) is 9.69 Å². The van der Waals surface area contributed by atoms with E-state index in [-0.39, 0.29) is 11.8 Å². The standard InChI is InChI=1S/C17H22N4O2/c1-10-5-11(2)16(12(3)6-10)19-15(22)9-21-7-14(8-21)17-18-13(4)20-23-17/h5-6,14H,7-9H2,1-4H3,(H,19,22). The predicted molar refractivity (Wildman–Crippen MR) is 87.5 cm³/mol. The molecule has 23 heavy (non-hydrogen) atoms. The van der Waals surface area contributed by atoms with Gasteiger partial charge in [-0.1, -0.05) is 22.9 Å². The minimum atomic E-state index is 0.0141. The van der Waals surface area contributed by atoms with Crippen molar-refractivity contribution < 1.29 is 9.32 Å². The Morgan fingerprint density at radius 1 is 1.26 bits per heavy atom. The summed E-state index contributed by atoms with van der Waals surface area (Å²) in [5.41, 5.74) is 4.32. The van der Waals surface area contributed by atoms with E-state index < -0.39 is 0 Å². The fraction of sp³-hybridized carbons (Fsp3) is 0.471. The van der Waals surface area contributed by atoms with Gasteiger partial charge in [-0.15, -0.1) is 0 Å². The summed E-state index contributed by atoms with van der Waals surface area (Å²) in [7, 11) is 0. The third-order valence-electron chi connectivity index (χ3n) is 4.16. The first kappa shape index (κ1) is 15.7. The van der Waals surface area contributed by atoms with E-state index in [9.17, 15) is 4.79 Å². The number of benzene rings is 1. The average Bonchev–Trinajstić information content (AvgIpc) is 2.83. The molecule has 0 saturated carbocycles. The van der Waals surface area contributed by atoms with Gasteiger partial charge >= 0.3 is 0 Å². The van der Waals surface area contributed by atoms with Crippen molar-refractivity contribution in [2.45, 2.75) is 33.6 Å². The fourth-order valence-corrected chi connectivity index (χ4v) is 3.09. The maximum Gasteiger partial charge on any atom is 0.238 e. The van der Waals surface area contributed by atoms with Gasteiger partial charge < -0.3 is 9.84 Å². The number of carbonyl (C=O) groups is 1. The molecule has 2 aromatic rings. The van der Waals surface area contributed by atoms with E-state index in [1.165, 1.54) is 5.56 Å². The lowest BCUT2D eigenvalue weighted by molar-refractivity contribution is -0.118. The lowest BCUT2D eigenvalue weighted by Gasteiger charge is -2.36. The number of carbonyl (C=O) groups excluding carboxylic acids is 1. The Kier molecular flexibility index (Phi) is 4.17. The quantitative estimate of drug-likeness (QED) is 0.938. The number of anilines is 1. The molecule has 1 amide bonds. The molecule has 122 valence electrons. The zero-order valence-electron chi connectivity index (χ0n) is 14.0. The Morgan fingerprint density at radius 2 is 1.91 bits per heavy atom. The number of nitrogens with zero attached hydrogens (tertiary/aromatic N) is 3. The molecule has 6 nitrogen and oxygen atoms in total. The van der Waals surface area contributed by atoms with E-state index in [1.54, 1.807) is 0 Å². The van der Waals surface area contributed by atoms with E-state index in [4.69, 9.17) is 4.52 Å². The molecule has 1 saturated heterocycles. The first-order chi connectivity index (χ1) is 10.9. The second-order valence-electron chi connectivity index (χ2n) is 6.39. The van der Waals surface area contributed by atoms with Crippen molar-refractivity contribution in [2.24, 2.45) is 0 Å². The number of hydrogen-bond donors (Lipinski definition) is 1. The van der Waals surface area contributed by atoms with Crippen LogP contribution in [0.2, 0.25) is 0 Å². The van der Waals surface area contributed by atoms with Crippen molar-refractivity contribution in [2.75, 3.05) is 25.0 Å². The molecule has 1 aliphatic rings. The van der Waals surface area contributed by atoms with Gasteiger partial charge in [0, 0.05) is 18.8 Å². The maximum absolute atomic E-state index is 12.2. The van der Waals surface area contributed by atoms with E-state index in [0.717, 1.165) is 29.9 Å². The van der Waals surface area contributed by atoms with Crippen LogP contribution in [-0.4, -0.2) is 40.6 Å². The van der Waals surface area contributed by atoms with Crippen LogP contribution in [0.15, 0.2) is 16.7 Å². The molecule has 1 fully saturated rings. The van der Waals surface area contributed by atoms with Gasteiger partial charge in [0.25, 0.3) is 0 Å². The molecule has 0 radical (unpaired) electrons. The van der Waals surface area contributed by atoms with Crippen molar-refractivity contribution >= 4 is 11.6 Å². The molecule has 3 rings (SSSR count). The Hall–Kier alpha value is -2.21. The van der Waals surface area contributed by atoms with Crippen molar-refractivity contribution in [1.29, 1.82) is 0 Å². The largest absolute Gasteiger partial charge is 0.339 e. The fourth-order valence-electron chi connectivity index (χ4n) is 3.09. The van der Waals surface area contributed by atoms with Crippen LogP contribution in [0.5, 0.6) is 0 Å². The van der Waals surface area contributed by atoms with Gasteiger partial charge in [0.05, 0.1) is 12.5 Å². The molecule has 0 spiro atoms. The molecule has 2 heterocycles. The number of hydrogen-bond acceptors (Lipinski definition) is 5. The van der Waals surface area contributed by atoms with Crippen molar-refractivity contribution in [3.8, 4) is 0 Å². The molecule has 1 aromatic carbocycles. The van der Waals surface area contributed by atoms with Gasteiger partial charge in [0.1, 0.15) is 0 Å². The van der Waals surface area contributed by atoms with Crippen molar-refractivity contribution in [3.63, 3.8) is 0 Å². The van der Waals surface area contributed by atoms with Gasteiger partial charge in [-0.25, -0.2) is 0 Å².